The Morgan fingerprint density at radius 1 is 1.11 bits per heavy atom. The lowest BCUT2D eigenvalue weighted by molar-refractivity contribution is -0.143. The molecule has 140 valence electrons. The van der Waals surface area contributed by atoms with Crippen LogP contribution >= 0.6 is 0 Å². The van der Waals surface area contributed by atoms with Crippen molar-refractivity contribution >= 4 is 34.8 Å². The van der Waals surface area contributed by atoms with Gasteiger partial charge in [-0.3, -0.25) is 10.1 Å². The van der Waals surface area contributed by atoms with Crippen LogP contribution in [-0.4, -0.2) is 38.2 Å². The fourth-order valence-electron chi connectivity index (χ4n) is 2.19. The van der Waals surface area contributed by atoms with Crippen LogP contribution in [-0.2, 0) is 14.3 Å². The number of hydrogen-bond acceptors (Lipinski definition) is 5. The van der Waals surface area contributed by atoms with E-state index in [0.717, 1.165) is 22.1 Å². The SMILES string of the molecule is C=CCNC(=O)NC(=O)COC(=O)/C=C/c1ccc2cc(OC)ccc2c1. The number of carbonyl (C=O) groups is 3. The topological polar surface area (TPSA) is 93.7 Å². The first kappa shape index (κ1) is 19.7. The fraction of sp³-hybridized carbons (Fsp3) is 0.150. The van der Waals surface area contributed by atoms with E-state index in [-0.39, 0.29) is 6.54 Å². The van der Waals surface area contributed by atoms with Crippen molar-refractivity contribution < 1.29 is 23.9 Å². The molecule has 2 N–H and O–H groups in total. The molecule has 0 radical (unpaired) electrons. The first-order valence-electron chi connectivity index (χ1n) is 8.13. The predicted molar refractivity (Wildman–Crippen MR) is 102 cm³/mol. The molecule has 27 heavy (non-hydrogen) atoms. The molecule has 2 rings (SSSR count). The third-order valence-corrected chi connectivity index (χ3v) is 3.49. The van der Waals surface area contributed by atoms with Gasteiger partial charge in [0.15, 0.2) is 6.61 Å². The van der Waals surface area contributed by atoms with E-state index in [2.05, 4.69) is 11.9 Å². The summed E-state index contributed by atoms with van der Waals surface area (Å²) in [6.45, 7) is 3.10. The quantitative estimate of drug-likeness (QED) is 0.445. The van der Waals surface area contributed by atoms with E-state index in [9.17, 15) is 14.4 Å². The van der Waals surface area contributed by atoms with Crippen molar-refractivity contribution in [2.75, 3.05) is 20.3 Å². The van der Waals surface area contributed by atoms with Crippen LogP contribution < -0.4 is 15.4 Å². The Morgan fingerprint density at radius 3 is 2.59 bits per heavy atom. The third kappa shape index (κ3) is 6.32. The zero-order valence-corrected chi connectivity index (χ0v) is 14.9. The number of amides is 3. The number of benzene rings is 2. The van der Waals surface area contributed by atoms with Crippen LogP contribution in [0, 0.1) is 0 Å². The summed E-state index contributed by atoms with van der Waals surface area (Å²) in [4.78, 5) is 34.5. The zero-order chi connectivity index (χ0) is 19.6. The van der Waals surface area contributed by atoms with E-state index in [0.29, 0.717) is 0 Å². The first-order valence-corrected chi connectivity index (χ1v) is 8.13. The van der Waals surface area contributed by atoms with E-state index in [1.165, 1.54) is 12.2 Å². The highest BCUT2D eigenvalue weighted by atomic mass is 16.5. The number of hydrogen-bond donors (Lipinski definition) is 2. The lowest BCUT2D eigenvalue weighted by Crippen LogP contribution is -2.41. The lowest BCUT2D eigenvalue weighted by Gasteiger charge is -2.05. The molecule has 0 heterocycles. The van der Waals surface area contributed by atoms with E-state index in [4.69, 9.17) is 9.47 Å². The first-order chi connectivity index (χ1) is 13.0. The van der Waals surface area contributed by atoms with Crippen molar-refractivity contribution in [3.63, 3.8) is 0 Å². The van der Waals surface area contributed by atoms with Crippen LogP contribution in [0.1, 0.15) is 5.56 Å². The highest BCUT2D eigenvalue weighted by Crippen LogP contribution is 2.22. The van der Waals surface area contributed by atoms with Gasteiger partial charge in [-0.25, -0.2) is 9.59 Å². The second kappa shape index (κ2) is 9.76. The van der Waals surface area contributed by atoms with Gasteiger partial charge < -0.3 is 14.8 Å². The summed E-state index contributed by atoms with van der Waals surface area (Å²) in [5.74, 6) is -0.643. The highest BCUT2D eigenvalue weighted by Gasteiger charge is 2.08. The van der Waals surface area contributed by atoms with E-state index in [1.54, 1.807) is 13.2 Å². The molecule has 0 aliphatic rings. The van der Waals surface area contributed by atoms with Gasteiger partial charge in [0.1, 0.15) is 5.75 Å². The molecular formula is C20H20N2O5. The number of esters is 1. The molecule has 0 aliphatic heterocycles. The summed E-state index contributed by atoms with van der Waals surface area (Å²) in [7, 11) is 1.61. The standard InChI is InChI=1S/C20H20N2O5/c1-3-10-21-20(25)22-18(23)13-27-19(24)9-5-14-4-6-16-12-17(26-2)8-7-15(16)11-14/h3-9,11-12H,1,10,13H2,2H3,(H2,21,22,23,25)/b9-5+. The predicted octanol–water partition coefficient (Wildman–Crippen LogP) is 2.42. The Bertz CT molecular complexity index is 889. The number of ether oxygens (including phenoxy) is 2. The number of carbonyl (C=O) groups excluding carboxylic acids is 3. The van der Waals surface area contributed by atoms with E-state index < -0.39 is 24.5 Å². The van der Waals surface area contributed by atoms with E-state index >= 15 is 0 Å². The maximum absolute atomic E-state index is 11.7. The summed E-state index contributed by atoms with van der Waals surface area (Å²) >= 11 is 0. The van der Waals surface area contributed by atoms with Gasteiger partial charge in [-0.2, -0.15) is 0 Å². The summed E-state index contributed by atoms with van der Waals surface area (Å²) in [6, 6.07) is 10.7. The van der Waals surface area contributed by atoms with Crippen LogP contribution in [0.5, 0.6) is 5.75 Å². The molecule has 0 spiro atoms. The number of fused-ring (bicyclic) bond motifs is 1. The average molecular weight is 368 g/mol. The molecule has 0 unspecified atom stereocenters. The average Bonchev–Trinajstić information content (AvgIpc) is 2.68. The number of methoxy groups -OCH3 is 1. The highest BCUT2D eigenvalue weighted by molar-refractivity contribution is 5.96. The normalized spacial score (nSPS) is 10.4. The van der Waals surface area contributed by atoms with Crippen molar-refractivity contribution in [3.8, 4) is 5.75 Å². The van der Waals surface area contributed by atoms with Crippen molar-refractivity contribution in [1.82, 2.24) is 10.6 Å². The van der Waals surface area contributed by atoms with Crippen LogP contribution in [0.4, 0.5) is 4.79 Å². The van der Waals surface area contributed by atoms with Gasteiger partial charge in [-0.1, -0.05) is 24.3 Å². The van der Waals surface area contributed by atoms with Gasteiger partial charge in [-0.05, 0) is 40.6 Å². The number of rotatable bonds is 7. The molecule has 2 aromatic rings. The molecule has 0 aromatic heterocycles. The third-order valence-electron chi connectivity index (χ3n) is 3.49. The Kier molecular flexibility index (Phi) is 7.13. The van der Waals surface area contributed by atoms with Crippen molar-refractivity contribution in [2.45, 2.75) is 0 Å². The zero-order valence-electron chi connectivity index (χ0n) is 14.9. The monoisotopic (exact) mass is 368 g/mol. The lowest BCUT2D eigenvalue weighted by atomic mass is 10.1. The van der Waals surface area contributed by atoms with Gasteiger partial charge in [0, 0.05) is 12.6 Å². The molecule has 7 nitrogen and oxygen atoms in total. The maximum Gasteiger partial charge on any atom is 0.331 e. The minimum atomic E-state index is -0.724. The van der Waals surface area contributed by atoms with Crippen molar-refractivity contribution in [2.24, 2.45) is 0 Å². The van der Waals surface area contributed by atoms with Gasteiger partial charge in [0.2, 0.25) is 0 Å². The molecule has 7 heteroatoms. The Morgan fingerprint density at radius 2 is 1.85 bits per heavy atom. The summed E-state index contributed by atoms with van der Waals surface area (Å²) in [5.41, 5.74) is 0.804. The maximum atomic E-state index is 11.7. The molecule has 2 aromatic carbocycles. The van der Waals surface area contributed by atoms with Gasteiger partial charge >= 0.3 is 12.0 Å². The number of nitrogens with one attached hydrogen (secondary N) is 2. The number of urea groups is 1. The molecule has 0 fully saturated rings. The molecule has 0 bridgehead atoms. The summed E-state index contributed by atoms with van der Waals surface area (Å²) in [5, 5.41) is 6.40. The van der Waals surface area contributed by atoms with E-state index in [1.807, 2.05) is 41.7 Å². The van der Waals surface area contributed by atoms with Gasteiger partial charge in [0.05, 0.1) is 7.11 Å². The van der Waals surface area contributed by atoms with Gasteiger partial charge in [-0.15, -0.1) is 6.58 Å². The minimum absolute atomic E-state index is 0.222. The molecule has 0 aliphatic carbocycles. The van der Waals surface area contributed by atoms with Crippen LogP contribution in [0.2, 0.25) is 0 Å². The summed E-state index contributed by atoms with van der Waals surface area (Å²) in [6.07, 6.45) is 4.27. The Labute approximate surface area is 156 Å². The summed E-state index contributed by atoms with van der Waals surface area (Å²) < 4.78 is 9.98. The minimum Gasteiger partial charge on any atom is -0.497 e. The van der Waals surface area contributed by atoms with Crippen molar-refractivity contribution in [3.05, 3.63) is 60.7 Å². The van der Waals surface area contributed by atoms with Gasteiger partial charge in [0.25, 0.3) is 5.91 Å². The largest absolute Gasteiger partial charge is 0.497 e. The molecule has 0 saturated heterocycles. The van der Waals surface area contributed by atoms with Crippen LogP contribution in [0.3, 0.4) is 0 Å². The Balaban J connectivity index is 1.87. The van der Waals surface area contributed by atoms with Crippen LogP contribution in [0.15, 0.2) is 55.1 Å². The second-order valence-electron chi connectivity index (χ2n) is 5.46. The molecule has 0 atom stereocenters. The molecule has 0 saturated carbocycles. The molecule has 3 amide bonds. The second-order valence-corrected chi connectivity index (χ2v) is 5.46. The fourth-order valence-corrected chi connectivity index (χ4v) is 2.19. The Hall–Kier alpha value is -3.61. The van der Waals surface area contributed by atoms with Crippen LogP contribution in [0.25, 0.3) is 16.8 Å². The van der Waals surface area contributed by atoms with Crippen molar-refractivity contribution in [1.29, 1.82) is 0 Å². The molecular weight excluding hydrogens is 348 g/mol. The smallest absolute Gasteiger partial charge is 0.331 e. The number of imide groups is 1.